The van der Waals surface area contributed by atoms with Crippen molar-refractivity contribution in [3.05, 3.63) is 22.8 Å². The van der Waals surface area contributed by atoms with Gasteiger partial charge in [-0.1, -0.05) is 0 Å². The zero-order valence-corrected chi connectivity index (χ0v) is 13.5. The van der Waals surface area contributed by atoms with Gasteiger partial charge in [0, 0.05) is 43.1 Å². The number of carboxylic acid groups (broad SMARTS) is 3. The van der Waals surface area contributed by atoms with Crippen molar-refractivity contribution in [3.63, 3.8) is 0 Å². The second kappa shape index (κ2) is 10.9. The number of carboxylic acids is 3. The van der Waals surface area contributed by atoms with Crippen LogP contribution < -0.4 is 0 Å². The molecule has 140 valence electrons. The van der Waals surface area contributed by atoms with E-state index in [0.717, 1.165) is 0 Å². The van der Waals surface area contributed by atoms with Gasteiger partial charge in [-0.3, -0.25) is 0 Å². The first-order valence-electron chi connectivity index (χ1n) is 7.18. The Balaban J connectivity index is 5.12. The molecule has 0 aliphatic rings. The van der Waals surface area contributed by atoms with Gasteiger partial charge in [0.25, 0.3) is 0 Å². The molecule has 0 amide bonds. The molecule has 0 aromatic rings. The summed E-state index contributed by atoms with van der Waals surface area (Å²) in [6.07, 6.45) is -1.56. The molecule has 1 unspecified atom stereocenters. The lowest BCUT2D eigenvalue weighted by molar-refractivity contribution is -0.141. The summed E-state index contributed by atoms with van der Waals surface area (Å²) in [5, 5.41) is 44.8. The van der Waals surface area contributed by atoms with Crippen LogP contribution >= 0.6 is 0 Å². The summed E-state index contributed by atoms with van der Waals surface area (Å²) in [6.45, 7) is 0.250. The molecule has 0 fully saturated rings. The Kier molecular flexibility index (Phi) is 9.75. The Morgan fingerprint density at radius 2 is 1.52 bits per heavy atom. The van der Waals surface area contributed by atoms with Crippen LogP contribution in [0.1, 0.15) is 26.2 Å². The second-order valence-corrected chi connectivity index (χ2v) is 4.99. The van der Waals surface area contributed by atoms with Crippen LogP contribution in [0.4, 0.5) is 0 Å². The highest BCUT2D eigenvalue weighted by atomic mass is 16.5. The minimum atomic E-state index is -1.54. The van der Waals surface area contributed by atoms with E-state index < -0.39 is 67.2 Å². The number of carbonyl (C=O) groups excluding carboxylic acids is 1. The number of hydrogen-bond acceptors (Lipinski definition) is 7. The zero-order valence-electron chi connectivity index (χ0n) is 13.5. The second-order valence-electron chi connectivity index (χ2n) is 4.99. The monoisotopic (exact) mass is 360 g/mol. The number of carbonyl (C=O) groups is 4. The lowest BCUT2D eigenvalue weighted by atomic mass is 10.0. The quantitative estimate of drug-likeness (QED) is 0.239. The van der Waals surface area contributed by atoms with Crippen molar-refractivity contribution >= 4 is 23.9 Å². The summed E-state index contributed by atoms with van der Waals surface area (Å²) in [7, 11) is 0. The van der Waals surface area contributed by atoms with Gasteiger partial charge >= 0.3 is 23.9 Å². The average molecular weight is 360 g/mol. The van der Waals surface area contributed by atoms with Crippen LogP contribution in [-0.4, -0.2) is 68.7 Å². The summed E-state index contributed by atoms with van der Waals surface area (Å²) in [5.74, 6) is -5.53. The molecule has 0 rings (SSSR count). The van der Waals surface area contributed by atoms with Gasteiger partial charge in [-0.25, -0.2) is 19.2 Å². The van der Waals surface area contributed by atoms with E-state index in [-0.39, 0.29) is 12.0 Å². The topological polar surface area (TPSA) is 179 Å². The number of esters is 1. The van der Waals surface area contributed by atoms with Gasteiger partial charge in [0.05, 0.1) is 18.3 Å². The summed E-state index contributed by atoms with van der Waals surface area (Å²) in [4.78, 5) is 44.7. The Bertz CT molecular complexity index is 585. The molecule has 0 saturated heterocycles. The smallest absolute Gasteiger partial charge is 0.334 e. The Hall–Kier alpha value is -2.72. The van der Waals surface area contributed by atoms with Crippen molar-refractivity contribution < 1.29 is 49.4 Å². The van der Waals surface area contributed by atoms with Gasteiger partial charge in [-0.05, 0) is 6.92 Å². The number of aliphatic carboxylic acids is 3. The van der Waals surface area contributed by atoms with E-state index >= 15 is 0 Å². The number of aliphatic hydroxyl groups is 2. The SMILES string of the molecule is CC(O)C/C(=C/C(=O)O)C(=O)OCC/C(C(=O)O)=C(\CCO)C(=O)O. The van der Waals surface area contributed by atoms with Gasteiger partial charge in [0.2, 0.25) is 0 Å². The number of ether oxygens (including phenoxy) is 1. The first kappa shape index (κ1) is 22.3. The van der Waals surface area contributed by atoms with Gasteiger partial charge < -0.3 is 30.3 Å². The third kappa shape index (κ3) is 8.63. The highest BCUT2D eigenvalue weighted by Crippen LogP contribution is 2.15. The Morgan fingerprint density at radius 3 is 1.92 bits per heavy atom. The van der Waals surface area contributed by atoms with Crippen molar-refractivity contribution in [2.24, 2.45) is 0 Å². The fraction of sp³-hybridized carbons (Fsp3) is 0.467. The standard InChI is InChI=1S/C15H20O10/c1-8(17)6-9(7-12(18)19)15(24)25-5-3-11(14(22)23)10(2-4-16)13(20)21/h7-8,16-17H,2-6H2,1H3,(H,18,19)(H,20,21)(H,22,23)/b9-7-,11-10-. The van der Waals surface area contributed by atoms with Gasteiger partial charge in [0.1, 0.15) is 0 Å². The molecule has 1 atom stereocenters. The molecule has 10 heteroatoms. The Morgan fingerprint density at radius 1 is 1.00 bits per heavy atom. The molecule has 0 saturated carbocycles. The summed E-state index contributed by atoms with van der Waals surface area (Å²) >= 11 is 0. The molecule has 0 heterocycles. The minimum Gasteiger partial charge on any atom is -0.478 e. The van der Waals surface area contributed by atoms with Crippen LogP contribution in [0.2, 0.25) is 0 Å². The van der Waals surface area contributed by atoms with E-state index in [0.29, 0.717) is 6.08 Å². The molecule has 0 radical (unpaired) electrons. The number of rotatable bonds is 11. The molecule has 5 N–H and O–H groups in total. The van der Waals surface area contributed by atoms with Crippen LogP contribution in [-0.2, 0) is 23.9 Å². The predicted octanol–water partition coefficient (Wildman–Crippen LogP) is -0.450. The average Bonchev–Trinajstić information content (AvgIpc) is 2.47. The highest BCUT2D eigenvalue weighted by Gasteiger charge is 2.21. The van der Waals surface area contributed by atoms with Gasteiger partial charge in [-0.2, -0.15) is 0 Å². The van der Waals surface area contributed by atoms with Crippen LogP contribution in [0, 0.1) is 0 Å². The summed E-state index contributed by atoms with van der Waals surface area (Å²) < 4.78 is 4.76. The molecule has 0 spiro atoms. The molecule has 0 aromatic heterocycles. The van der Waals surface area contributed by atoms with Crippen molar-refractivity contribution in [3.8, 4) is 0 Å². The van der Waals surface area contributed by atoms with Gasteiger partial charge in [0.15, 0.2) is 0 Å². The van der Waals surface area contributed by atoms with E-state index in [1.165, 1.54) is 6.92 Å². The lowest BCUT2D eigenvalue weighted by Crippen LogP contribution is -2.18. The third-order valence-electron chi connectivity index (χ3n) is 2.90. The normalized spacial score (nSPS) is 13.6. The van der Waals surface area contributed by atoms with Crippen molar-refractivity contribution in [2.75, 3.05) is 13.2 Å². The molecular formula is C15H20O10. The first-order chi connectivity index (χ1) is 11.6. The van der Waals surface area contributed by atoms with Gasteiger partial charge in [-0.15, -0.1) is 0 Å². The predicted molar refractivity (Wildman–Crippen MR) is 81.6 cm³/mol. The van der Waals surface area contributed by atoms with Crippen molar-refractivity contribution in [1.82, 2.24) is 0 Å². The maximum atomic E-state index is 11.8. The zero-order chi connectivity index (χ0) is 19.6. The fourth-order valence-corrected chi connectivity index (χ4v) is 1.89. The molecule has 0 aliphatic heterocycles. The van der Waals surface area contributed by atoms with E-state index in [2.05, 4.69) is 0 Å². The van der Waals surface area contributed by atoms with Crippen molar-refractivity contribution in [2.45, 2.75) is 32.3 Å². The van der Waals surface area contributed by atoms with E-state index in [1.54, 1.807) is 0 Å². The molecular weight excluding hydrogens is 340 g/mol. The maximum absolute atomic E-state index is 11.8. The highest BCUT2D eigenvalue weighted by molar-refractivity contribution is 5.99. The number of aliphatic hydroxyl groups excluding tert-OH is 2. The third-order valence-corrected chi connectivity index (χ3v) is 2.90. The molecule has 0 aliphatic carbocycles. The fourth-order valence-electron chi connectivity index (χ4n) is 1.89. The Labute approximate surface area is 142 Å². The van der Waals surface area contributed by atoms with Crippen molar-refractivity contribution in [1.29, 1.82) is 0 Å². The van der Waals surface area contributed by atoms with E-state index in [9.17, 15) is 24.3 Å². The van der Waals surface area contributed by atoms with Crippen LogP contribution in [0.25, 0.3) is 0 Å². The summed E-state index contributed by atoms with van der Waals surface area (Å²) in [5.41, 5.74) is -1.37. The minimum absolute atomic E-state index is 0.280. The molecule has 0 aromatic carbocycles. The maximum Gasteiger partial charge on any atom is 0.334 e. The largest absolute Gasteiger partial charge is 0.478 e. The summed E-state index contributed by atoms with van der Waals surface area (Å²) in [6, 6.07) is 0. The molecule has 0 bridgehead atoms. The molecule has 10 nitrogen and oxygen atoms in total. The van der Waals surface area contributed by atoms with Crippen LogP contribution in [0.5, 0.6) is 0 Å². The van der Waals surface area contributed by atoms with Crippen LogP contribution in [0.15, 0.2) is 22.8 Å². The van der Waals surface area contributed by atoms with E-state index in [4.69, 9.17) is 25.2 Å². The van der Waals surface area contributed by atoms with E-state index in [1.807, 2.05) is 0 Å². The first-order valence-corrected chi connectivity index (χ1v) is 7.18. The lowest BCUT2D eigenvalue weighted by Gasteiger charge is -2.11. The molecule has 25 heavy (non-hydrogen) atoms. The number of hydrogen-bond donors (Lipinski definition) is 5. The van der Waals surface area contributed by atoms with Crippen LogP contribution in [0.3, 0.4) is 0 Å².